The first-order valence-electron chi connectivity index (χ1n) is 2.69. The Morgan fingerprint density at radius 1 is 1.36 bits per heavy atom. The summed E-state index contributed by atoms with van der Waals surface area (Å²) in [4.78, 5) is 19.9. The van der Waals surface area contributed by atoms with Gasteiger partial charge >= 0.3 is 0 Å². The molecule has 0 aromatic carbocycles. The Morgan fingerprint density at radius 3 is 2.09 bits per heavy atom. The van der Waals surface area contributed by atoms with E-state index in [0.717, 1.165) is 0 Å². The standard InChI is InChI=1S/C5H7ClO5/c6-5(11)4(10)3(9)2(8)1-7/h1-4,8-10H. The number of aldehydes is 1. The average Bonchev–Trinajstić information content (AvgIpc) is 2.00. The molecule has 0 aliphatic rings. The van der Waals surface area contributed by atoms with E-state index in [9.17, 15) is 9.59 Å². The molecule has 0 fully saturated rings. The predicted octanol–water partition coefficient (Wildman–Crippen LogP) is -1.97. The summed E-state index contributed by atoms with van der Waals surface area (Å²) in [7, 11) is 0. The van der Waals surface area contributed by atoms with E-state index in [1.165, 1.54) is 0 Å². The van der Waals surface area contributed by atoms with Gasteiger partial charge in [0.15, 0.2) is 12.4 Å². The number of aliphatic hydroxyl groups excluding tert-OH is 3. The summed E-state index contributed by atoms with van der Waals surface area (Å²) in [6, 6.07) is 0. The molecule has 0 aliphatic heterocycles. The Balaban J connectivity index is 4.11. The third kappa shape index (κ3) is 2.94. The molecule has 0 aromatic heterocycles. The molecule has 0 rings (SSSR count). The monoisotopic (exact) mass is 182 g/mol. The lowest BCUT2D eigenvalue weighted by molar-refractivity contribution is -0.135. The minimum atomic E-state index is -1.93. The van der Waals surface area contributed by atoms with E-state index >= 15 is 0 Å². The van der Waals surface area contributed by atoms with Crippen molar-refractivity contribution in [2.75, 3.05) is 0 Å². The van der Waals surface area contributed by atoms with Crippen molar-refractivity contribution in [3.05, 3.63) is 0 Å². The van der Waals surface area contributed by atoms with Crippen molar-refractivity contribution in [3.8, 4) is 0 Å². The van der Waals surface area contributed by atoms with Gasteiger partial charge in [-0.1, -0.05) is 0 Å². The van der Waals surface area contributed by atoms with Crippen LogP contribution in [0.2, 0.25) is 0 Å². The molecule has 3 N–H and O–H groups in total. The average molecular weight is 183 g/mol. The smallest absolute Gasteiger partial charge is 0.253 e. The first-order chi connectivity index (χ1) is 5.00. The van der Waals surface area contributed by atoms with Crippen molar-refractivity contribution in [2.24, 2.45) is 0 Å². The maximum absolute atomic E-state index is 10.1. The van der Waals surface area contributed by atoms with Gasteiger partial charge in [-0.25, -0.2) is 0 Å². The summed E-state index contributed by atoms with van der Waals surface area (Å²) in [6.45, 7) is 0. The summed E-state index contributed by atoms with van der Waals surface area (Å²) in [5, 5.41) is 24.7. The highest BCUT2D eigenvalue weighted by Crippen LogP contribution is 2.01. The zero-order valence-corrected chi connectivity index (χ0v) is 6.10. The number of rotatable bonds is 4. The Kier molecular flexibility index (Phi) is 4.20. The molecule has 0 amide bonds. The number of hydrogen-bond donors (Lipinski definition) is 3. The van der Waals surface area contributed by atoms with Gasteiger partial charge in [-0.15, -0.1) is 0 Å². The van der Waals surface area contributed by atoms with Gasteiger partial charge in [0.05, 0.1) is 0 Å². The molecule has 0 bridgehead atoms. The molecule has 0 saturated heterocycles. The quantitative estimate of drug-likeness (QED) is 0.347. The molecule has 6 heteroatoms. The van der Waals surface area contributed by atoms with Crippen LogP contribution in [0, 0.1) is 0 Å². The molecule has 0 aliphatic carbocycles. The maximum atomic E-state index is 10.1. The molecule has 11 heavy (non-hydrogen) atoms. The second kappa shape index (κ2) is 4.40. The summed E-state index contributed by atoms with van der Waals surface area (Å²) >= 11 is 4.75. The molecule has 5 nitrogen and oxygen atoms in total. The molecule has 0 aromatic rings. The molecular formula is C5H7ClO5. The normalized spacial score (nSPS) is 18.5. The van der Waals surface area contributed by atoms with E-state index in [0.29, 0.717) is 0 Å². The fraction of sp³-hybridized carbons (Fsp3) is 0.600. The van der Waals surface area contributed by atoms with Crippen LogP contribution in [0.1, 0.15) is 0 Å². The Labute approximate surface area is 67.2 Å². The summed E-state index contributed by atoms with van der Waals surface area (Å²) in [6.07, 6.45) is -5.60. The van der Waals surface area contributed by atoms with Crippen LogP contribution >= 0.6 is 11.6 Å². The number of carbonyl (C=O) groups excluding carboxylic acids is 2. The SMILES string of the molecule is O=CC(O)C(O)C(O)C(=O)Cl. The number of hydrogen-bond acceptors (Lipinski definition) is 5. The Bertz CT molecular complexity index is 159. The van der Waals surface area contributed by atoms with Gasteiger partial charge in [0.1, 0.15) is 12.2 Å². The van der Waals surface area contributed by atoms with Gasteiger partial charge in [0.25, 0.3) is 5.24 Å². The first-order valence-corrected chi connectivity index (χ1v) is 3.07. The van der Waals surface area contributed by atoms with E-state index in [1.807, 2.05) is 0 Å². The molecule has 3 unspecified atom stereocenters. The topological polar surface area (TPSA) is 94.8 Å². The highest BCUT2D eigenvalue weighted by atomic mass is 35.5. The van der Waals surface area contributed by atoms with Crippen molar-refractivity contribution >= 4 is 23.1 Å². The van der Waals surface area contributed by atoms with E-state index in [4.69, 9.17) is 26.9 Å². The zero-order chi connectivity index (χ0) is 9.02. The van der Waals surface area contributed by atoms with Crippen LogP contribution in [0.15, 0.2) is 0 Å². The van der Waals surface area contributed by atoms with Crippen molar-refractivity contribution in [2.45, 2.75) is 18.3 Å². The van der Waals surface area contributed by atoms with Gasteiger partial charge < -0.3 is 20.1 Å². The van der Waals surface area contributed by atoms with Gasteiger partial charge in [-0.3, -0.25) is 4.79 Å². The maximum Gasteiger partial charge on any atom is 0.253 e. The van der Waals surface area contributed by atoms with Crippen LogP contribution in [-0.4, -0.2) is 45.2 Å². The van der Waals surface area contributed by atoms with E-state index in [1.54, 1.807) is 0 Å². The Morgan fingerprint density at radius 2 is 1.82 bits per heavy atom. The van der Waals surface area contributed by atoms with E-state index < -0.39 is 23.6 Å². The highest BCUT2D eigenvalue weighted by Gasteiger charge is 2.28. The van der Waals surface area contributed by atoms with E-state index in [-0.39, 0.29) is 6.29 Å². The summed E-state index contributed by atoms with van der Waals surface area (Å²) in [5.74, 6) is 0. The molecular weight excluding hydrogens is 176 g/mol. The van der Waals surface area contributed by atoms with Crippen LogP contribution in [-0.2, 0) is 9.59 Å². The molecule has 0 saturated carbocycles. The fourth-order valence-corrected chi connectivity index (χ4v) is 0.531. The molecule has 0 radical (unpaired) electrons. The summed E-state index contributed by atoms with van der Waals surface area (Å²) in [5.41, 5.74) is 0. The number of halogens is 1. The fourth-order valence-electron chi connectivity index (χ4n) is 0.402. The van der Waals surface area contributed by atoms with Gasteiger partial charge in [-0.05, 0) is 11.6 Å². The minimum absolute atomic E-state index is 0.00623. The van der Waals surface area contributed by atoms with Crippen LogP contribution in [0.3, 0.4) is 0 Å². The minimum Gasteiger partial charge on any atom is -0.387 e. The first kappa shape index (κ1) is 10.5. The number of aliphatic hydroxyl groups is 3. The van der Waals surface area contributed by atoms with Crippen LogP contribution in [0.5, 0.6) is 0 Å². The van der Waals surface area contributed by atoms with Crippen LogP contribution in [0.4, 0.5) is 0 Å². The largest absolute Gasteiger partial charge is 0.387 e. The molecule has 3 atom stereocenters. The van der Waals surface area contributed by atoms with Crippen molar-refractivity contribution < 1.29 is 24.9 Å². The lowest BCUT2D eigenvalue weighted by atomic mass is 10.1. The predicted molar refractivity (Wildman–Crippen MR) is 34.9 cm³/mol. The second-order valence-electron chi connectivity index (χ2n) is 1.87. The van der Waals surface area contributed by atoms with Crippen molar-refractivity contribution in [1.29, 1.82) is 0 Å². The third-order valence-electron chi connectivity index (χ3n) is 1.05. The van der Waals surface area contributed by atoms with E-state index in [2.05, 4.69) is 0 Å². The molecule has 0 spiro atoms. The third-order valence-corrected chi connectivity index (χ3v) is 1.27. The zero-order valence-electron chi connectivity index (χ0n) is 5.35. The van der Waals surface area contributed by atoms with Gasteiger partial charge in [-0.2, -0.15) is 0 Å². The van der Waals surface area contributed by atoms with Gasteiger partial charge in [0, 0.05) is 0 Å². The van der Waals surface area contributed by atoms with Crippen molar-refractivity contribution in [3.63, 3.8) is 0 Å². The van der Waals surface area contributed by atoms with Crippen molar-refractivity contribution in [1.82, 2.24) is 0 Å². The number of carbonyl (C=O) groups is 2. The lowest BCUT2D eigenvalue weighted by Gasteiger charge is -2.15. The Hall–Kier alpha value is -0.490. The van der Waals surface area contributed by atoms with Crippen LogP contribution in [0.25, 0.3) is 0 Å². The van der Waals surface area contributed by atoms with Crippen LogP contribution < -0.4 is 0 Å². The lowest BCUT2D eigenvalue weighted by Crippen LogP contribution is -2.41. The molecule has 64 valence electrons. The second-order valence-corrected chi connectivity index (χ2v) is 2.24. The summed E-state index contributed by atoms with van der Waals surface area (Å²) < 4.78 is 0. The highest BCUT2D eigenvalue weighted by molar-refractivity contribution is 6.64. The molecule has 0 heterocycles. The van der Waals surface area contributed by atoms with Gasteiger partial charge in [0.2, 0.25) is 0 Å².